The number of anilines is 2. The zero-order chi connectivity index (χ0) is 13.1. The lowest BCUT2D eigenvalue weighted by atomic mass is 10.3. The Morgan fingerprint density at radius 2 is 1.94 bits per heavy atom. The van der Waals surface area contributed by atoms with Gasteiger partial charge in [0.1, 0.15) is 5.75 Å². The highest BCUT2D eigenvalue weighted by Crippen LogP contribution is 2.29. The Bertz CT molecular complexity index is 580. The van der Waals surface area contributed by atoms with Gasteiger partial charge in [0.2, 0.25) is 0 Å². The van der Waals surface area contributed by atoms with Crippen molar-refractivity contribution in [2.45, 2.75) is 0 Å². The topological polar surface area (TPSA) is 47.0 Å². The molecule has 7 heteroatoms. The minimum absolute atomic E-state index is 0.248. The van der Waals surface area contributed by atoms with Crippen LogP contribution in [0.1, 0.15) is 0 Å². The number of nitrogens with one attached hydrogen (secondary N) is 1. The van der Waals surface area contributed by atoms with Crippen LogP contribution in [-0.2, 0) is 0 Å². The van der Waals surface area contributed by atoms with E-state index in [0.717, 1.165) is 15.9 Å². The standard InChI is InChI=1S/C11H8BrCl2N3O/c1-18-8-3-6(12)2-7(4-8)15-9-5-10(13)16-17-11(9)14/h2-5H,1H3,(H,15,16). The van der Waals surface area contributed by atoms with Crippen LogP contribution < -0.4 is 10.1 Å². The normalized spacial score (nSPS) is 10.2. The van der Waals surface area contributed by atoms with Gasteiger partial charge in [0.05, 0.1) is 12.8 Å². The number of benzene rings is 1. The van der Waals surface area contributed by atoms with Gasteiger partial charge in [-0.25, -0.2) is 0 Å². The lowest BCUT2D eigenvalue weighted by molar-refractivity contribution is 0.415. The number of aromatic nitrogens is 2. The van der Waals surface area contributed by atoms with Crippen LogP contribution in [0.3, 0.4) is 0 Å². The molecule has 2 aromatic rings. The Balaban J connectivity index is 2.33. The lowest BCUT2D eigenvalue weighted by Crippen LogP contribution is -1.95. The van der Waals surface area contributed by atoms with Gasteiger partial charge in [-0.2, -0.15) is 0 Å². The first-order valence-electron chi connectivity index (χ1n) is 4.89. The Kier molecular flexibility index (Phi) is 4.27. The predicted octanol–water partition coefficient (Wildman–Crippen LogP) is 4.30. The highest BCUT2D eigenvalue weighted by atomic mass is 79.9. The van der Waals surface area contributed by atoms with Crippen LogP contribution in [0.25, 0.3) is 0 Å². The summed E-state index contributed by atoms with van der Waals surface area (Å²) in [5.74, 6) is 0.719. The lowest BCUT2D eigenvalue weighted by Gasteiger charge is -2.09. The molecule has 1 N–H and O–H groups in total. The second-order valence-corrected chi connectivity index (χ2v) is 5.04. The van der Waals surface area contributed by atoms with Crippen molar-refractivity contribution in [2.24, 2.45) is 0 Å². The van der Waals surface area contributed by atoms with Crippen LogP contribution in [0, 0.1) is 0 Å². The summed E-state index contributed by atoms with van der Waals surface area (Å²) in [6.07, 6.45) is 0. The molecule has 0 saturated carbocycles. The Morgan fingerprint density at radius 3 is 2.67 bits per heavy atom. The largest absolute Gasteiger partial charge is 0.497 e. The fourth-order valence-corrected chi connectivity index (χ4v) is 2.11. The molecule has 0 aliphatic heterocycles. The second-order valence-electron chi connectivity index (χ2n) is 3.38. The molecule has 18 heavy (non-hydrogen) atoms. The summed E-state index contributed by atoms with van der Waals surface area (Å²) in [7, 11) is 1.60. The molecule has 0 aliphatic rings. The Morgan fingerprint density at radius 1 is 1.17 bits per heavy atom. The molecule has 0 amide bonds. The molecule has 0 aliphatic carbocycles. The summed E-state index contributed by atoms with van der Waals surface area (Å²) < 4.78 is 6.05. The fraction of sp³-hybridized carbons (Fsp3) is 0.0909. The average Bonchev–Trinajstić information content (AvgIpc) is 2.33. The minimum atomic E-state index is 0.248. The van der Waals surface area contributed by atoms with Gasteiger partial charge in [0.15, 0.2) is 10.3 Å². The van der Waals surface area contributed by atoms with Crippen LogP contribution in [-0.4, -0.2) is 17.3 Å². The number of nitrogens with zero attached hydrogens (tertiary/aromatic N) is 2. The van der Waals surface area contributed by atoms with E-state index in [4.69, 9.17) is 27.9 Å². The van der Waals surface area contributed by atoms with Crippen LogP contribution >= 0.6 is 39.1 Å². The van der Waals surface area contributed by atoms with Gasteiger partial charge in [-0.3, -0.25) is 0 Å². The number of rotatable bonds is 3. The van der Waals surface area contributed by atoms with Crippen LogP contribution in [0.4, 0.5) is 11.4 Å². The first-order valence-corrected chi connectivity index (χ1v) is 6.43. The zero-order valence-corrected chi connectivity index (χ0v) is 12.3. The van der Waals surface area contributed by atoms with E-state index in [1.54, 1.807) is 13.2 Å². The monoisotopic (exact) mass is 347 g/mol. The van der Waals surface area contributed by atoms with Crippen molar-refractivity contribution in [3.63, 3.8) is 0 Å². The van der Waals surface area contributed by atoms with Crippen molar-refractivity contribution in [1.82, 2.24) is 10.2 Å². The van der Waals surface area contributed by atoms with Crippen molar-refractivity contribution < 1.29 is 4.74 Å². The van der Waals surface area contributed by atoms with Gasteiger partial charge in [-0.05, 0) is 12.1 Å². The van der Waals surface area contributed by atoms with Crippen molar-refractivity contribution in [2.75, 3.05) is 12.4 Å². The third-order valence-electron chi connectivity index (χ3n) is 2.11. The van der Waals surface area contributed by atoms with Gasteiger partial charge in [-0.1, -0.05) is 39.1 Å². The molecule has 0 spiro atoms. The molecule has 1 aromatic carbocycles. The molecule has 0 atom stereocenters. The van der Waals surface area contributed by atoms with E-state index in [1.165, 1.54) is 0 Å². The van der Waals surface area contributed by atoms with E-state index in [-0.39, 0.29) is 10.3 Å². The van der Waals surface area contributed by atoms with E-state index >= 15 is 0 Å². The molecular weight excluding hydrogens is 341 g/mol. The van der Waals surface area contributed by atoms with Gasteiger partial charge in [0, 0.05) is 22.3 Å². The highest BCUT2D eigenvalue weighted by molar-refractivity contribution is 9.10. The molecule has 0 radical (unpaired) electrons. The van der Waals surface area contributed by atoms with Gasteiger partial charge < -0.3 is 10.1 Å². The number of methoxy groups -OCH3 is 1. The van der Waals surface area contributed by atoms with Crippen LogP contribution in [0.15, 0.2) is 28.7 Å². The summed E-state index contributed by atoms with van der Waals surface area (Å²) in [6, 6.07) is 7.16. The molecule has 4 nitrogen and oxygen atoms in total. The van der Waals surface area contributed by atoms with E-state index < -0.39 is 0 Å². The number of halogens is 3. The number of hydrogen-bond donors (Lipinski definition) is 1. The molecule has 0 unspecified atom stereocenters. The first kappa shape index (κ1) is 13.4. The molecule has 94 valence electrons. The van der Waals surface area contributed by atoms with Crippen molar-refractivity contribution in [3.05, 3.63) is 39.0 Å². The smallest absolute Gasteiger partial charge is 0.175 e. The third-order valence-corrected chi connectivity index (χ3v) is 3.03. The van der Waals surface area contributed by atoms with Crippen molar-refractivity contribution in [3.8, 4) is 5.75 Å². The Labute approximate surface area is 122 Å². The SMILES string of the molecule is COc1cc(Br)cc(Nc2cc(Cl)nnc2Cl)c1. The van der Waals surface area contributed by atoms with Gasteiger partial charge >= 0.3 is 0 Å². The van der Waals surface area contributed by atoms with Gasteiger partial charge in [-0.15, -0.1) is 10.2 Å². The highest BCUT2D eigenvalue weighted by Gasteiger charge is 2.06. The second kappa shape index (κ2) is 5.73. The average molecular weight is 349 g/mol. The first-order chi connectivity index (χ1) is 8.58. The number of ether oxygens (including phenoxy) is 1. The maximum Gasteiger partial charge on any atom is 0.175 e. The molecule has 0 saturated heterocycles. The number of hydrogen-bond acceptors (Lipinski definition) is 4. The van der Waals surface area contributed by atoms with Crippen molar-refractivity contribution >= 4 is 50.5 Å². The van der Waals surface area contributed by atoms with E-state index in [0.29, 0.717) is 5.69 Å². The summed E-state index contributed by atoms with van der Waals surface area (Å²) >= 11 is 15.1. The van der Waals surface area contributed by atoms with E-state index in [2.05, 4.69) is 31.4 Å². The van der Waals surface area contributed by atoms with E-state index in [1.807, 2.05) is 18.2 Å². The summed E-state index contributed by atoms with van der Waals surface area (Å²) in [4.78, 5) is 0. The molecule has 2 rings (SSSR count). The fourth-order valence-electron chi connectivity index (χ4n) is 1.35. The summed E-state index contributed by atoms with van der Waals surface area (Å²) in [5.41, 5.74) is 1.38. The zero-order valence-electron chi connectivity index (χ0n) is 9.25. The minimum Gasteiger partial charge on any atom is -0.497 e. The quantitative estimate of drug-likeness (QED) is 0.898. The summed E-state index contributed by atoms with van der Waals surface area (Å²) in [5, 5.41) is 11.0. The van der Waals surface area contributed by atoms with Crippen molar-refractivity contribution in [1.29, 1.82) is 0 Å². The Hall–Kier alpha value is -1.04. The molecular formula is C11H8BrCl2N3O. The maximum absolute atomic E-state index is 5.92. The summed E-state index contributed by atoms with van der Waals surface area (Å²) in [6.45, 7) is 0. The molecule has 0 fully saturated rings. The van der Waals surface area contributed by atoms with Gasteiger partial charge in [0.25, 0.3) is 0 Å². The molecule has 1 heterocycles. The third kappa shape index (κ3) is 3.25. The molecule has 1 aromatic heterocycles. The van der Waals surface area contributed by atoms with Crippen LogP contribution in [0.2, 0.25) is 10.3 Å². The maximum atomic E-state index is 5.92. The predicted molar refractivity (Wildman–Crippen MR) is 76.0 cm³/mol. The van der Waals surface area contributed by atoms with Crippen LogP contribution in [0.5, 0.6) is 5.75 Å². The van der Waals surface area contributed by atoms with E-state index in [9.17, 15) is 0 Å². The molecule has 0 bridgehead atoms.